The standard InChI is InChI=1S/C10H13N3.C2H6/c1-10(2,3)7-4-12-8-5-11-6-13-9(7)8;1-2/h4-6,12H,1-3H3;1-2H3. The molecule has 0 saturated heterocycles. The molecule has 3 nitrogen and oxygen atoms in total. The van der Waals surface area contributed by atoms with Crippen molar-refractivity contribution in [3.05, 3.63) is 24.3 Å². The molecule has 2 rings (SSSR count). The second kappa shape index (κ2) is 4.43. The summed E-state index contributed by atoms with van der Waals surface area (Å²) in [4.78, 5) is 11.4. The van der Waals surface area contributed by atoms with Crippen LogP contribution >= 0.6 is 0 Å². The van der Waals surface area contributed by atoms with Crippen LogP contribution in [0.2, 0.25) is 0 Å². The summed E-state index contributed by atoms with van der Waals surface area (Å²) in [5.41, 5.74) is 3.41. The molecule has 0 aliphatic heterocycles. The van der Waals surface area contributed by atoms with Crippen molar-refractivity contribution in [2.24, 2.45) is 0 Å². The molecule has 0 aromatic carbocycles. The molecule has 0 aliphatic carbocycles. The third-order valence-corrected chi connectivity index (χ3v) is 2.15. The van der Waals surface area contributed by atoms with Gasteiger partial charge in [-0.15, -0.1) is 0 Å². The minimum absolute atomic E-state index is 0.132. The summed E-state index contributed by atoms with van der Waals surface area (Å²) in [7, 11) is 0. The lowest BCUT2D eigenvalue weighted by Crippen LogP contribution is -2.10. The Morgan fingerprint density at radius 3 is 2.47 bits per heavy atom. The second-order valence-corrected chi connectivity index (χ2v) is 4.24. The molecule has 2 aromatic heterocycles. The number of nitrogens with zero attached hydrogens (tertiary/aromatic N) is 2. The SMILES string of the molecule is CC.CC(C)(C)c1c[nH]c2cncnc12. The molecular weight excluding hydrogens is 186 g/mol. The molecule has 0 atom stereocenters. The molecular formula is C12H19N3. The van der Waals surface area contributed by atoms with Gasteiger partial charge in [0, 0.05) is 11.8 Å². The third-order valence-electron chi connectivity index (χ3n) is 2.15. The molecule has 1 N–H and O–H groups in total. The smallest absolute Gasteiger partial charge is 0.116 e. The number of H-pyrrole nitrogens is 1. The minimum Gasteiger partial charge on any atom is -0.358 e. The summed E-state index contributed by atoms with van der Waals surface area (Å²) in [6, 6.07) is 0. The van der Waals surface area contributed by atoms with E-state index in [2.05, 4.69) is 35.7 Å². The maximum Gasteiger partial charge on any atom is 0.116 e. The summed E-state index contributed by atoms with van der Waals surface area (Å²) in [6.07, 6.45) is 5.41. The molecule has 0 fully saturated rings. The van der Waals surface area contributed by atoms with E-state index in [0.717, 1.165) is 11.0 Å². The first kappa shape index (κ1) is 11.7. The van der Waals surface area contributed by atoms with E-state index in [9.17, 15) is 0 Å². The van der Waals surface area contributed by atoms with Gasteiger partial charge in [-0.25, -0.2) is 9.97 Å². The lowest BCUT2D eigenvalue weighted by Gasteiger charge is -2.16. The third kappa shape index (κ3) is 2.35. The summed E-state index contributed by atoms with van der Waals surface area (Å²) in [5, 5.41) is 0. The maximum atomic E-state index is 4.27. The molecule has 0 saturated carbocycles. The van der Waals surface area contributed by atoms with E-state index in [1.807, 2.05) is 20.0 Å². The predicted octanol–water partition coefficient (Wildman–Crippen LogP) is 3.28. The average Bonchev–Trinajstić information content (AvgIpc) is 2.63. The first-order valence-electron chi connectivity index (χ1n) is 5.36. The molecule has 0 amide bonds. The monoisotopic (exact) mass is 205 g/mol. The number of hydrogen-bond acceptors (Lipinski definition) is 2. The predicted molar refractivity (Wildman–Crippen MR) is 63.9 cm³/mol. The van der Waals surface area contributed by atoms with Crippen molar-refractivity contribution >= 4 is 11.0 Å². The molecule has 3 heteroatoms. The Labute approximate surface area is 91.0 Å². The molecule has 2 heterocycles. The Bertz CT molecular complexity index is 424. The van der Waals surface area contributed by atoms with Gasteiger partial charge in [0.15, 0.2) is 0 Å². The fraction of sp³-hybridized carbons (Fsp3) is 0.500. The van der Waals surface area contributed by atoms with Crippen LogP contribution in [0.4, 0.5) is 0 Å². The quantitative estimate of drug-likeness (QED) is 0.717. The Kier molecular flexibility index (Phi) is 3.45. The van der Waals surface area contributed by atoms with Crippen molar-refractivity contribution < 1.29 is 0 Å². The van der Waals surface area contributed by atoms with E-state index >= 15 is 0 Å². The zero-order chi connectivity index (χ0) is 11.5. The van der Waals surface area contributed by atoms with Gasteiger partial charge < -0.3 is 4.98 Å². The second-order valence-electron chi connectivity index (χ2n) is 4.24. The van der Waals surface area contributed by atoms with Crippen molar-refractivity contribution in [3.63, 3.8) is 0 Å². The van der Waals surface area contributed by atoms with Gasteiger partial charge in [-0.05, 0) is 5.41 Å². The summed E-state index contributed by atoms with van der Waals surface area (Å²) >= 11 is 0. The number of rotatable bonds is 0. The Balaban J connectivity index is 0.000000531. The molecule has 0 bridgehead atoms. The summed E-state index contributed by atoms with van der Waals surface area (Å²) < 4.78 is 0. The van der Waals surface area contributed by atoms with Gasteiger partial charge in [0.1, 0.15) is 6.33 Å². The number of hydrogen-bond donors (Lipinski definition) is 1. The van der Waals surface area contributed by atoms with Crippen LogP contribution < -0.4 is 0 Å². The Morgan fingerprint density at radius 2 is 1.87 bits per heavy atom. The van der Waals surface area contributed by atoms with Crippen LogP contribution in [0.25, 0.3) is 11.0 Å². The van der Waals surface area contributed by atoms with Crippen LogP contribution in [-0.4, -0.2) is 15.0 Å². The average molecular weight is 205 g/mol. The van der Waals surface area contributed by atoms with Gasteiger partial charge in [0.25, 0.3) is 0 Å². The Morgan fingerprint density at radius 1 is 1.20 bits per heavy atom. The highest BCUT2D eigenvalue weighted by Gasteiger charge is 2.18. The summed E-state index contributed by atoms with van der Waals surface area (Å²) in [5.74, 6) is 0. The van der Waals surface area contributed by atoms with Crippen LogP contribution in [0.1, 0.15) is 40.2 Å². The van der Waals surface area contributed by atoms with Crippen molar-refractivity contribution in [2.75, 3.05) is 0 Å². The van der Waals surface area contributed by atoms with Crippen molar-refractivity contribution in [1.82, 2.24) is 15.0 Å². The van der Waals surface area contributed by atoms with Gasteiger partial charge in [-0.1, -0.05) is 34.6 Å². The first-order valence-corrected chi connectivity index (χ1v) is 5.36. The summed E-state index contributed by atoms with van der Waals surface area (Å²) in [6.45, 7) is 10.5. The highest BCUT2D eigenvalue weighted by molar-refractivity contribution is 5.78. The van der Waals surface area contributed by atoms with Gasteiger partial charge in [-0.2, -0.15) is 0 Å². The van der Waals surface area contributed by atoms with Gasteiger partial charge in [-0.3, -0.25) is 0 Å². The van der Waals surface area contributed by atoms with Crippen molar-refractivity contribution in [3.8, 4) is 0 Å². The molecule has 0 unspecified atom stereocenters. The molecule has 82 valence electrons. The number of aromatic amines is 1. The van der Waals surface area contributed by atoms with E-state index in [1.165, 1.54) is 5.56 Å². The zero-order valence-electron chi connectivity index (χ0n) is 10.1. The Hall–Kier alpha value is -1.38. The van der Waals surface area contributed by atoms with Gasteiger partial charge >= 0.3 is 0 Å². The van der Waals surface area contributed by atoms with Crippen LogP contribution in [0, 0.1) is 0 Å². The minimum atomic E-state index is 0.132. The van der Waals surface area contributed by atoms with Crippen molar-refractivity contribution in [2.45, 2.75) is 40.0 Å². The fourth-order valence-electron chi connectivity index (χ4n) is 1.44. The van der Waals surface area contributed by atoms with Crippen LogP contribution in [0.15, 0.2) is 18.7 Å². The largest absolute Gasteiger partial charge is 0.358 e. The van der Waals surface area contributed by atoms with Crippen LogP contribution in [0.3, 0.4) is 0 Å². The topological polar surface area (TPSA) is 41.6 Å². The van der Waals surface area contributed by atoms with E-state index in [1.54, 1.807) is 12.5 Å². The number of nitrogens with one attached hydrogen (secondary N) is 1. The fourth-order valence-corrected chi connectivity index (χ4v) is 1.44. The van der Waals surface area contributed by atoms with Crippen molar-refractivity contribution in [1.29, 1.82) is 0 Å². The molecule has 15 heavy (non-hydrogen) atoms. The van der Waals surface area contributed by atoms with Crippen LogP contribution in [-0.2, 0) is 5.41 Å². The van der Waals surface area contributed by atoms with Gasteiger partial charge in [0.05, 0.1) is 17.2 Å². The normalized spacial score (nSPS) is 11.0. The highest BCUT2D eigenvalue weighted by atomic mass is 14.9. The first-order chi connectivity index (χ1) is 7.09. The van der Waals surface area contributed by atoms with Crippen LogP contribution in [0.5, 0.6) is 0 Å². The van der Waals surface area contributed by atoms with E-state index in [0.29, 0.717) is 0 Å². The molecule has 0 aliphatic rings. The lowest BCUT2D eigenvalue weighted by atomic mass is 9.88. The van der Waals surface area contributed by atoms with E-state index in [4.69, 9.17) is 0 Å². The van der Waals surface area contributed by atoms with E-state index < -0.39 is 0 Å². The molecule has 0 spiro atoms. The molecule has 2 aromatic rings. The van der Waals surface area contributed by atoms with Gasteiger partial charge in [0.2, 0.25) is 0 Å². The molecule has 0 radical (unpaired) electrons. The highest BCUT2D eigenvalue weighted by Crippen LogP contribution is 2.27. The lowest BCUT2D eigenvalue weighted by molar-refractivity contribution is 0.594. The number of fused-ring (bicyclic) bond motifs is 1. The number of aromatic nitrogens is 3. The zero-order valence-corrected chi connectivity index (χ0v) is 10.1. The maximum absolute atomic E-state index is 4.27. The van der Waals surface area contributed by atoms with E-state index in [-0.39, 0.29) is 5.41 Å².